The van der Waals surface area contributed by atoms with Crippen LogP contribution in [-0.4, -0.2) is 26.3 Å². The summed E-state index contributed by atoms with van der Waals surface area (Å²) in [4.78, 5) is 1.99. The number of anilines is 1. The summed E-state index contributed by atoms with van der Waals surface area (Å²) >= 11 is 0. The number of likely N-dealkylation sites (N-methyl/N-ethyl adjacent to an activating group) is 1. The minimum absolute atomic E-state index is 0.135. The van der Waals surface area contributed by atoms with Crippen LogP contribution in [0.2, 0.25) is 0 Å². The lowest BCUT2D eigenvalue weighted by atomic mass is 10.1. The lowest BCUT2D eigenvalue weighted by molar-refractivity contribution is 0.181. The number of nitrogens with two attached hydrogens (primary N) is 1. The van der Waals surface area contributed by atoms with E-state index in [9.17, 15) is 4.39 Å². The van der Waals surface area contributed by atoms with Crippen LogP contribution in [0.4, 0.5) is 10.1 Å². The van der Waals surface area contributed by atoms with Crippen molar-refractivity contribution in [3.8, 4) is 0 Å². The van der Waals surface area contributed by atoms with Crippen molar-refractivity contribution in [3.63, 3.8) is 0 Å². The van der Waals surface area contributed by atoms with Crippen molar-refractivity contribution in [2.45, 2.75) is 32.9 Å². The molecule has 0 fully saturated rings. The first-order chi connectivity index (χ1) is 8.51. The second-order valence-corrected chi connectivity index (χ2v) is 4.59. The van der Waals surface area contributed by atoms with Crippen molar-refractivity contribution in [1.29, 1.82) is 0 Å². The predicted molar refractivity (Wildman–Crippen MR) is 73.4 cm³/mol. The van der Waals surface area contributed by atoms with Gasteiger partial charge in [0.15, 0.2) is 0 Å². The molecule has 1 aromatic carbocycles. The van der Waals surface area contributed by atoms with Gasteiger partial charge in [-0.25, -0.2) is 4.39 Å². The van der Waals surface area contributed by atoms with Crippen LogP contribution >= 0.6 is 0 Å². The van der Waals surface area contributed by atoms with E-state index in [1.54, 1.807) is 13.2 Å². The highest BCUT2D eigenvalue weighted by Crippen LogP contribution is 2.24. The van der Waals surface area contributed by atoms with Crippen molar-refractivity contribution >= 4 is 5.69 Å². The maximum absolute atomic E-state index is 14.1. The Morgan fingerprint density at radius 2 is 2.06 bits per heavy atom. The molecule has 18 heavy (non-hydrogen) atoms. The van der Waals surface area contributed by atoms with Crippen LogP contribution in [0.1, 0.15) is 32.4 Å². The zero-order chi connectivity index (χ0) is 13.7. The van der Waals surface area contributed by atoms with E-state index in [2.05, 4.69) is 0 Å². The third kappa shape index (κ3) is 3.43. The fraction of sp³-hybridized carbons (Fsp3) is 0.571. The summed E-state index contributed by atoms with van der Waals surface area (Å²) in [7, 11) is 1.65. The van der Waals surface area contributed by atoms with Gasteiger partial charge in [0.2, 0.25) is 0 Å². The van der Waals surface area contributed by atoms with Gasteiger partial charge in [-0.05, 0) is 38.5 Å². The van der Waals surface area contributed by atoms with Crippen molar-refractivity contribution < 1.29 is 9.13 Å². The SMILES string of the molecule is CCN(c1ccc([C@@H](C)N)cc1F)C(C)COC. The van der Waals surface area contributed by atoms with Crippen LogP contribution in [0.15, 0.2) is 18.2 Å². The molecule has 0 saturated heterocycles. The number of rotatable bonds is 6. The Hall–Kier alpha value is -1.13. The number of methoxy groups -OCH3 is 1. The number of halogens is 1. The Morgan fingerprint density at radius 1 is 1.39 bits per heavy atom. The van der Waals surface area contributed by atoms with Crippen LogP contribution in [0.3, 0.4) is 0 Å². The number of hydrogen-bond acceptors (Lipinski definition) is 3. The van der Waals surface area contributed by atoms with Crippen molar-refractivity contribution in [2.75, 3.05) is 25.2 Å². The summed E-state index contributed by atoms with van der Waals surface area (Å²) < 4.78 is 19.2. The molecule has 0 amide bonds. The van der Waals surface area contributed by atoms with Gasteiger partial charge in [0, 0.05) is 25.7 Å². The van der Waals surface area contributed by atoms with E-state index in [1.807, 2.05) is 31.7 Å². The molecular formula is C14H23FN2O. The highest BCUT2D eigenvalue weighted by molar-refractivity contribution is 5.50. The van der Waals surface area contributed by atoms with E-state index < -0.39 is 0 Å². The molecule has 0 radical (unpaired) electrons. The molecule has 3 nitrogen and oxygen atoms in total. The maximum Gasteiger partial charge on any atom is 0.146 e. The fourth-order valence-corrected chi connectivity index (χ4v) is 2.09. The molecule has 102 valence electrons. The molecule has 1 unspecified atom stereocenters. The topological polar surface area (TPSA) is 38.5 Å². The molecule has 0 heterocycles. The molecule has 0 aliphatic carbocycles. The van der Waals surface area contributed by atoms with E-state index in [4.69, 9.17) is 10.5 Å². The quantitative estimate of drug-likeness (QED) is 0.848. The fourth-order valence-electron chi connectivity index (χ4n) is 2.09. The van der Waals surface area contributed by atoms with Crippen molar-refractivity contribution in [3.05, 3.63) is 29.6 Å². The summed E-state index contributed by atoms with van der Waals surface area (Å²) in [5.41, 5.74) is 7.16. The van der Waals surface area contributed by atoms with Gasteiger partial charge in [0.1, 0.15) is 5.82 Å². The average Bonchev–Trinajstić information content (AvgIpc) is 2.32. The van der Waals surface area contributed by atoms with Crippen LogP contribution in [0.25, 0.3) is 0 Å². The average molecular weight is 254 g/mol. The number of nitrogens with zero attached hydrogens (tertiary/aromatic N) is 1. The monoisotopic (exact) mass is 254 g/mol. The second-order valence-electron chi connectivity index (χ2n) is 4.59. The molecule has 0 aliphatic rings. The highest BCUT2D eigenvalue weighted by Gasteiger charge is 2.17. The Morgan fingerprint density at radius 3 is 2.50 bits per heavy atom. The molecule has 0 aromatic heterocycles. The first-order valence-electron chi connectivity index (χ1n) is 6.31. The van der Waals surface area contributed by atoms with Crippen LogP contribution in [-0.2, 0) is 4.74 Å². The summed E-state index contributed by atoms with van der Waals surface area (Å²) in [5, 5.41) is 0. The van der Waals surface area contributed by atoms with E-state index in [-0.39, 0.29) is 17.9 Å². The first-order valence-corrected chi connectivity index (χ1v) is 6.31. The smallest absolute Gasteiger partial charge is 0.146 e. The van der Waals surface area contributed by atoms with Crippen LogP contribution in [0.5, 0.6) is 0 Å². The minimum Gasteiger partial charge on any atom is -0.383 e. The van der Waals surface area contributed by atoms with Gasteiger partial charge in [0.05, 0.1) is 12.3 Å². The molecule has 4 heteroatoms. The summed E-state index contributed by atoms with van der Waals surface area (Å²) in [6.45, 7) is 7.18. The van der Waals surface area contributed by atoms with Gasteiger partial charge in [0.25, 0.3) is 0 Å². The lowest BCUT2D eigenvalue weighted by Gasteiger charge is -2.30. The van der Waals surface area contributed by atoms with Gasteiger partial charge in [-0.1, -0.05) is 6.07 Å². The minimum atomic E-state index is -0.227. The van der Waals surface area contributed by atoms with Gasteiger partial charge < -0.3 is 15.4 Å². The molecule has 0 bridgehead atoms. The number of ether oxygens (including phenoxy) is 1. The zero-order valence-electron chi connectivity index (χ0n) is 11.6. The first kappa shape index (κ1) is 14.9. The zero-order valence-corrected chi connectivity index (χ0v) is 11.6. The van der Waals surface area contributed by atoms with Gasteiger partial charge in [-0.2, -0.15) is 0 Å². The number of benzene rings is 1. The maximum atomic E-state index is 14.1. The largest absolute Gasteiger partial charge is 0.383 e. The molecule has 0 saturated carbocycles. The molecule has 0 spiro atoms. The predicted octanol–water partition coefficient (Wildman–Crippen LogP) is 2.71. The van der Waals surface area contributed by atoms with Gasteiger partial charge in [-0.15, -0.1) is 0 Å². The molecular weight excluding hydrogens is 231 g/mol. The third-order valence-corrected chi connectivity index (χ3v) is 3.09. The van der Waals surface area contributed by atoms with Crippen molar-refractivity contribution in [2.24, 2.45) is 5.73 Å². The Bertz CT molecular complexity index is 382. The molecule has 2 N–H and O–H groups in total. The van der Waals surface area contributed by atoms with E-state index in [0.29, 0.717) is 12.3 Å². The Balaban J connectivity index is 2.99. The third-order valence-electron chi connectivity index (χ3n) is 3.09. The van der Waals surface area contributed by atoms with Crippen molar-refractivity contribution in [1.82, 2.24) is 0 Å². The van der Waals surface area contributed by atoms with E-state index >= 15 is 0 Å². The molecule has 1 rings (SSSR count). The molecule has 1 aromatic rings. The van der Waals surface area contributed by atoms with Crippen LogP contribution < -0.4 is 10.6 Å². The van der Waals surface area contributed by atoms with Gasteiger partial charge >= 0.3 is 0 Å². The highest BCUT2D eigenvalue weighted by atomic mass is 19.1. The summed E-state index contributed by atoms with van der Waals surface area (Å²) in [5.74, 6) is -0.227. The Kier molecular flexibility index (Phi) is 5.56. The summed E-state index contributed by atoms with van der Waals surface area (Å²) in [6.07, 6.45) is 0. The normalized spacial score (nSPS) is 14.3. The van der Waals surface area contributed by atoms with E-state index in [0.717, 1.165) is 12.1 Å². The van der Waals surface area contributed by atoms with Gasteiger partial charge in [-0.3, -0.25) is 0 Å². The standard InChI is InChI=1S/C14H23FN2O/c1-5-17(10(2)9-18-4)14-7-6-12(11(3)16)8-13(14)15/h6-8,10-11H,5,9,16H2,1-4H3/t10?,11-/m1/s1. The molecule has 0 aliphatic heterocycles. The summed E-state index contributed by atoms with van der Waals surface area (Å²) in [6, 6.07) is 5.17. The molecule has 2 atom stereocenters. The number of hydrogen-bond donors (Lipinski definition) is 1. The Labute approximate surface area is 109 Å². The van der Waals surface area contributed by atoms with Crippen LogP contribution in [0, 0.1) is 5.82 Å². The lowest BCUT2D eigenvalue weighted by Crippen LogP contribution is -2.36. The van der Waals surface area contributed by atoms with E-state index in [1.165, 1.54) is 6.07 Å². The second kappa shape index (κ2) is 6.71.